The fourth-order valence-electron chi connectivity index (χ4n) is 3.39. The number of fused-ring (bicyclic) bond motifs is 1. The third kappa shape index (κ3) is 2.70. The van der Waals surface area contributed by atoms with Crippen molar-refractivity contribution in [2.24, 2.45) is 4.99 Å². The molecule has 144 valence electrons. The molecule has 12 nitrogen and oxygen atoms in total. The van der Waals surface area contributed by atoms with Gasteiger partial charge in [0.25, 0.3) is 6.02 Å². The summed E-state index contributed by atoms with van der Waals surface area (Å²) in [4.78, 5) is 3.95. The molecule has 0 amide bonds. The summed E-state index contributed by atoms with van der Waals surface area (Å²) in [5.41, 5.74) is -1.77. The van der Waals surface area contributed by atoms with Gasteiger partial charge in [0.2, 0.25) is 0 Å². The molecule has 2 heterocycles. The quantitative estimate of drug-likeness (QED) is 0.230. The minimum Gasteiger partial charge on any atom is -0.451 e. The van der Waals surface area contributed by atoms with E-state index in [1.807, 2.05) is 0 Å². The molecule has 9 N–H and O–H groups in total. The van der Waals surface area contributed by atoms with Crippen LogP contribution < -0.4 is 5.32 Å². The van der Waals surface area contributed by atoms with E-state index in [-0.39, 0.29) is 6.02 Å². The molecule has 12 heteroatoms. The standard InChI is InChI=1S/C13H22N2O10/c16-1-3-4(18)5(19)8(22)11(24-3)15-12-14-9-6(20)7(21)10(23)13(9,2-17)25-12/h3-11,16-23H,1-2H2,(H,14,15)/t3-,4-,5+,6-,7-,8-,9-,10-,11+,13-/m1/s1. The molecule has 1 aliphatic carbocycles. The second-order valence-electron chi connectivity index (χ2n) is 6.41. The van der Waals surface area contributed by atoms with Crippen molar-refractivity contribution in [2.45, 2.75) is 60.6 Å². The fourth-order valence-corrected chi connectivity index (χ4v) is 3.39. The minimum absolute atomic E-state index is 0.312. The van der Waals surface area contributed by atoms with Gasteiger partial charge in [-0.05, 0) is 0 Å². The third-order valence-electron chi connectivity index (χ3n) is 4.95. The zero-order chi connectivity index (χ0) is 18.5. The molecule has 0 unspecified atom stereocenters. The van der Waals surface area contributed by atoms with Crippen LogP contribution in [0.2, 0.25) is 0 Å². The summed E-state index contributed by atoms with van der Waals surface area (Å²) in [5.74, 6) is 0. The van der Waals surface area contributed by atoms with Gasteiger partial charge in [0.15, 0.2) is 11.8 Å². The Hall–Kier alpha value is -1.09. The maximum atomic E-state index is 10.0. The summed E-state index contributed by atoms with van der Waals surface area (Å²) in [6.07, 6.45) is -11.9. The monoisotopic (exact) mass is 366 g/mol. The van der Waals surface area contributed by atoms with Crippen molar-refractivity contribution in [1.29, 1.82) is 0 Å². The molecule has 2 fully saturated rings. The summed E-state index contributed by atoms with van der Waals surface area (Å²) in [6.45, 7) is -1.38. The first-order valence-corrected chi connectivity index (χ1v) is 7.75. The second kappa shape index (κ2) is 6.57. The van der Waals surface area contributed by atoms with Crippen LogP contribution in [0.5, 0.6) is 0 Å². The van der Waals surface area contributed by atoms with Crippen LogP contribution in [0.25, 0.3) is 0 Å². The highest BCUT2D eigenvalue weighted by Crippen LogP contribution is 2.40. The maximum Gasteiger partial charge on any atom is 0.288 e. The van der Waals surface area contributed by atoms with Gasteiger partial charge in [0.1, 0.15) is 48.8 Å². The van der Waals surface area contributed by atoms with Gasteiger partial charge in [-0.25, -0.2) is 4.99 Å². The van der Waals surface area contributed by atoms with Crippen LogP contribution in [0.1, 0.15) is 0 Å². The Kier molecular flexibility index (Phi) is 4.91. The van der Waals surface area contributed by atoms with Gasteiger partial charge >= 0.3 is 0 Å². The lowest BCUT2D eigenvalue weighted by Crippen LogP contribution is -2.63. The first-order valence-electron chi connectivity index (χ1n) is 7.75. The molecule has 0 spiro atoms. The third-order valence-corrected chi connectivity index (χ3v) is 4.95. The Morgan fingerprint density at radius 1 is 0.920 bits per heavy atom. The van der Waals surface area contributed by atoms with Crippen molar-refractivity contribution < 1.29 is 50.3 Å². The molecule has 1 saturated heterocycles. The number of nitrogens with one attached hydrogen (secondary N) is 1. The second-order valence-corrected chi connectivity index (χ2v) is 6.41. The van der Waals surface area contributed by atoms with Gasteiger partial charge in [-0.15, -0.1) is 0 Å². The number of rotatable bonds is 3. The Morgan fingerprint density at radius 3 is 2.16 bits per heavy atom. The molecule has 0 radical (unpaired) electrons. The van der Waals surface area contributed by atoms with Crippen molar-refractivity contribution in [1.82, 2.24) is 5.32 Å². The van der Waals surface area contributed by atoms with E-state index in [0.717, 1.165) is 0 Å². The van der Waals surface area contributed by atoms with E-state index in [0.29, 0.717) is 0 Å². The number of aliphatic hydroxyl groups is 8. The van der Waals surface area contributed by atoms with Crippen molar-refractivity contribution in [3.63, 3.8) is 0 Å². The van der Waals surface area contributed by atoms with Crippen LogP contribution in [-0.4, -0.2) is 121 Å². The fraction of sp³-hybridized carbons (Fsp3) is 0.923. The SMILES string of the molecule is OC[C@H]1O[C@H](NC2=N[C@@H]3[C@H](O)[C@@H](O)[C@@H](O)[C@]3(CO)O2)[C@H](O)[C@@H](O)[C@@H]1O. The number of aliphatic imine (C=N–C) groups is 1. The molecule has 0 aromatic heterocycles. The molecule has 0 bridgehead atoms. The lowest BCUT2D eigenvalue weighted by Gasteiger charge is -2.40. The van der Waals surface area contributed by atoms with Gasteiger partial charge in [-0.1, -0.05) is 0 Å². The van der Waals surface area contributed by atoms with Crippen LogP contribution in [0.4, 0.5) is 0 Å². The summed E-state index contributed by atoms with van der Waals surface area (Å²) < 4.78 is 10.6. The van der Waals surface area contributed by atoms with Crippen molar-refractivity contribution >= 4 is 6.02 Å². The number of aliphatic hydroxyl groups excluding tert-OH is 8. The van der Waals surface area contributed by atoms with Gasteiger partial charge < -0.3 is 55.6 Å². The molecular formula is C13H22N2O10. The highest BCUT2D eigenvalue weighted by molar-refractivity contribution is 5.77. The van der Waals surface area contributed by atoms with E-state index in [1.54, 1.807) is 0 Å². The molecule has 3 aliphatic rings. The average Bonchev–Trinajstić information content (AvgIpc) is 3.06. The predicted molar refractivity (Wildman–Crippen MR) is 77.0 cm³/mol. The van der Waals surface area contributed by atoms with E-state index in [1.165, 1.54) is 0 Å². The molecule has 10 atom stereocenters. The molecule has 1 saturated carbocycles. The zero-order valence-corrected chi connectivity index (χ0v) is 13.0. The van der Waals surface area contributed by atoms with E-state index in [2.05, 4.69) is 10.3 Å². The number of nitrogens with zero attached hydrogens (tertiary/aromatic N) is 1. The summed E-state index contributed by atoms with van der Waals surface area (Å²) >= 11 is 0. The lowest BCUT2D eigenvalue weighted by molar-refractivity contribution is -0.233. The average molecular weight is 366 g/mol. The Labute approximate surface area is 141 Å². The van der Waals surface area contributed by atoms with E-state index in [9.17, 15) is 35.7 Å². The van der Waals surface area contributed by atoms with Gasteiger partial charge in [-0.2, -0.15) is 0 Å². The van der Waals surface area contributed by atoms with E-state index < -0.39 is 73.8 Å². The maximum absolute atomic E-state index is 10.0. The van der Waals surface area contributed by atoms with E-state index in [4.69, 9.17) is 14.6 Å². The normalized spacial score (nSPS) is 52.5. The molecule has 25 heavy (non-hydrogen) atoms. The lowest BCUT2D eigenvalue weighted by atomic mass is 9.97. The molecular weight excluding hydrogens is 344 g/mol. The first-order chi connectivity index (χ1) is 11.8. The largest absolute Gasteiger partial charge is 0.451 e. The zero-order valence-electron chi connectivity index (χ0n) is 13.0. The highest BCUT2D eigenvalue weighted by atomic mass is 16.6. The number of hydrogen-bond donors (Lipinski definition) is 9. The minimum atomic E-state index is -1.77. The van der Waals surface area contributed by atoms with Crippen LogP contribution in [0.15, 0.2) is 4.99 Å². The highest BCUT2D eigenvalue weighted by Gasteiger charge is 2.65. The van der Waals surface area contributed by atoms with Crippen molar-refractivity contribution in [3.05, 3.63) is 0 Å². The molecule has 2 aliphatic heterocycles. The van der Waals surface area contributed by atoms with Crippen LogP contribution in [0, 0.1) is 0 Å². The Morgan fingerprint density at radius 2 is 1.60 bits per heavy atom. The summed E-state index contributed by atoms with van der Waals surface area (Å²) in [7, 11) is 0. The molecule has 0 aromatic rings. The van der Waals surface area contributed by atoms with Gasteiger partial charge in [-0.3, -0.25) is 0 Å². The number of hydrogen-bond acceptors (Lipinski definition) is 12. The Bertz CT molecular complexity index is 533. The van der Waals surface area contributed by atoms with Gasteiger partial charge in [0.05, 0.1) is 13.2 Å². The van der Waals surface area contributed by atoms with Crippen molar-refractivity contribution in [3.8, 4) is 0 Å². The van der Waals surface area contributed by atoms with Crippen LogP contribution in [-0.2, 0) is 9.47 Å². The predicted octanol–water partition coefficient (Wildman–Crippen LogP) is -6.04. The van der Waals surface area contributed by atoms with E-state index >= 15 is 0 Å². The van der Waals surface area contributed by atoms with Gasteiger partial charge in [0, 0.05) is 0 Å². The molecule has 3 rings (SSSR count). The first kappa shape index (κ1) is 18.7. The van der Waals surface area contributed by atoms with Crippen molar-refractivity contribution in [2.75, 3.05) is 13.2 Å². The Balaban J connectivity index is 1.76. The smallest absolute Gasteiger partial charge is 0.288 e. The van der Waals surface area contributed by atoms with Crippen LogP contribution >= 0.6 is 0 Å². The number of ether oxygens (including phenoxy) is 2. The van der Waals surface area contributed by atoms with Crippen LogP contribution in [0.3, 0.4) is 0 Å². The topological polar surface area (TPSA) is 205 Å². The summed E-state index contributed by atoms with van der Waals surface area (Å²) in [5, 5.41) is 80.4. The number of amidine groups is 1. The molecule has 0 aromatic carbocycles. The summed E-state index contributed by atoms with van der Waals surface area (Å²) in [6, 6.07) is -1.48.